The van der Waals surface area contributed by atoms with Crippen LogP contribution in [-0.4, -0.2) is 20.7 Å². The highest BCUT2D eigenvalue weighted by Crippen LogP contribution is 2.59. The lowest BCUT2D eigenvalue weighted by atomic mass is 9.85. The third kappa shape index (κ3) is 1.95. The van der Waals surface area contributed by atoms with Gasteiger partial charge in [0.2, 0.25) is 0 Å². The highest BCUT2D eigenvalue weighted by molar-refractivity contribution is 7.54. The van der Waals surface area contributed by atoms with Crippen molar-refractivity contribution in [1.82, 2.24) is 0 Å². The number of hydrogen-bond donors (Lipinski definition) is 2. The predicted molar refractivity (Wildman–Crippen MR) is 68.5 cm³/mol. The van der Waals surface area contributed by atoms with Gasteiger partial charge in [-0.1, -0.05) is 30.3 Å². The summed E-state index contributed by atoms with van der Waals surface area (Å²) < 4.78 is 11.5. The molecule has 0 aliphatic heterocycles. The van der Waals surface area contributed by atoms with Gasteiger partial charge in [0, 0.05) is 0 Å². The molecule has 1 aromatic carbocycles. The molecule has 0 radical (unpaired) electrons. The van der Waals surface area contributed by atoms with Crippen LogP contribution in [-0.2, 0) is 14.8 Å². The summed E-state index contributed by atoms with van der Waals surface area (Å²) in [6, 6.07) is 9.24. The Labute approximate surface area is 106 Å². The van der Waals surface area contributed by atoms with E-state index in [2.05, 4.69) is 0 Å². The van der Waals surface area contributed by atoms with Crippen molar-refractivity contribution < 1.29 is 19.1 Å². The third-order valence-corrected chi connectivity index (χ3v) is 5.45. The Hall–Kier alpha value is -0.960. The molecule has 18 heavy (non-hydrogen) atoms. The Kier molecular flexibility index (Phi) is 3.01. The maximum atomic E-state index is 12.5. The molecule has 0 atom stereocenters. The van der Waals surface area contributed by atoms with Crippen LogP contribution in [0.1, 0.15) is 32.3 Å². The average Bonchev–Trinajstić information content (AvgIpc) is 3.09. The van der Waals surface area contributed by atoms with E-state index >= 15 is 0 Å². The first kappa shape index (κ1) is 13.5. The van der Waals surface area contributed by atoms with Crippen LogP contribution in [0.15, 0.2) is 30.3 Å². The first-order valence-corrected chi connectivity index (χ1v) is 7.49. The van der Waals surface area contributed by atoms with Crippen molar-refractivity contribution in [3.8, 4) is 0 Å². The fraction of sp³-hybridized carbons (Fsp3) is 0.462. The molecule has 1 saturated carbocycles. The van der Waals surface area contributed by atoms with Gasteiger partial charge in [-0.3, -0.25) is 9.36 Å². The van der Waals surface area contributed by atoms with E-state index < -0.39 is 18.2 Å². The number of carbonyl (C=O) groups excluding carboxylic acids is 1. The smallest absolute Gasteiger partial charge is 0.324 e. The van der Waals surface area contributed by atoms with Crippen molar-refractivity contribution in [2.24, 2.45) is 0 Å². The van der Waals surface area contributed by atoms with Crippen LogP contribution in [0.4, 0.5) is 0 Å². The van der Waals surface area contributed by atoms with Crippen molar-refractivity contribution in [3.63, 3.8) is 0 Å². The minimum Gasteiger partial charge on any atom is -0.324 e. The lowest BCUT2D eigenvalue weighted by molar-refractivity contribution is -0.123. The fourth-order valence-electron chi connectivity index (χ4n) is 2.25. The largest absolute Gasteiger partial charge is 0.338 e. The second-order valence-electron chi connectivity index (χ2n) is 5.38. The maximum Gasteiger partial charge on any atom is 0.338 e. The first-order valence-electron chi connectivity index (χ1n) is 5.88. The van der Waals surface area contributed by atoms with Crippen molar-refractivity contribution in [2.75, 3.05) is 0 Å². The lowest BCUT2D eigenvalue weighted by Gasteiger charge is -2.29. The molecule has 98 valence electrons. The van der Waals surface area contributed by atoms with Gasteiger partial charge in [-0.15, -0.1) is 0 Å². The molecule has 1 aromatic rings. The summed E-state index contributed by atoms with van der Waals surface area (Å²) in [5.74, 6) is -0.352. The van der Waals surface area contributed by atoms with Gasteiger partial charge < -0.3 is 9.79 Å². The number of rotatable bonds is 4. The van der Waals surface area contributed by atoms with Gasteiger partial charge in [-0.05, 0) is 32.3 Å². The molecule has 5 heteroatoms. The minimum absolute atomic E-state index is 0.352. The van der Waals surface area contributed by atoms with Crippen LogP contribution in [0.3, 0.4) is 0 Å². The van der Waals surface area contributed by atoms with Crippen molar-refractivity contribution in [3.05, 3.63) is 35.9 Å². The number of carbonyl (C=O) groups is 1. The summed E-state index contributed by atoms with van der Waals surface area (Å²) in [5.41, 5.74) is 0.169. The molecule has 0 bridgehead atoms. The quantitative estimate of drug-likeness (QED) is 0.821. The lowest BCUT2D eigenvalue weighted by Crippen LogP contribution is -2.40. The zero-order valence-corrected chi connectivity index (χ0v) is 11.4. The van der Waals surface area contributed by atoms with E-state index in [-0.39, 0.29) is 5.78 Å². The molecule has 2 N–H and O–H groups in total. The Morgan fingerprint density at radius 3 is 2.11 bits per heavy atom. The summed E-state index contributed by atoms with van der Waals surface area (Å²) in [6.45, 7) is 2.66. The number of hydrogen-bond acceptors (Lipinski definition) is 2. The first-order chi connectivity index (χ1) is 8.22. The van der Waals surface area contributed by atoms with Gasteiger partial charge in [0.15, 0.2) is 5.78 Å². The molecule has 0 amide bonds. The summed E-state index contributed by atoms with van der Waals surface area (Å²) in [4.78, 5) is 31.2. The van der Waals surface area contributed by atoms with Crippen molar-refractivity contribution in [2.45, 2.75) is 37.3 Å². The molecular formula is C13H17O4P. The molecule has 0 aromatic heterocycles. The summed E-state index contributed by atoms with van der Waals surface area (Å²) in [7, 11) is -4.45. The Bertz CT molecular complexity index is 511. The Balaban J connectivity index is 2.39. The van der Waals surface area contributed by atoms with Crippen LogP contribution in [0.2, 0.25) is 0 Å². The van der Waals surface area contributed by atoms with Crippen LogP contribution in [0, 0.1) is 0 Å². The van der Waals surface area contributed by atoms with Crippen LogP contribution < -0.4 is 0 Å². The Morgan fingerprint density at radius 2 is 1.72 bits per heavy atom. The topological polar surface area (TPSA) is 74.6 Å². The molecule has 0 unspecified atom stereocenters. The second-order valence-corrected chi connectivity index (χ2v) is 7.59. The molecular weight excluding hydrogens is 251 g/mol. The highest BCUT2D eigenvalue weighted by atomic mass is 31.2. The molecule has 2 rings (SSSR count). The average molecular weight is 268 g/mol. The molecule has 1 aliphatic carbocycles. The molecule has 4 nitrogen and oxygen atoms in total. The van der Waals surface area contributed by atoms with E-state index in [4.69, 9.17) is 0 Å². The molecule has 0 saturated heterocycles. The Morgan fingerprint density at radius 1 is 1.22 bits per heavy atom. The van der Waals surface area contributed by atoms with Gasteiger partial charge in [-0.25, -0.2) is 0 Å². The second kappa shape index (κ2) is 4.02. The number of Topliss-reactive ketones (excluding diaryl/α,β-unsaturated/α-hetero) is 1. The standard InChI is InChI=1S/C13H17O4P/c1-12(2,18(15,16)17)11(14)13(8-9-13)10-6-4-3-5-7-10/h3-7H,8-9H2,1-2H3,(H2,15,16,17). The van der Waals surface area contributed by atoms with Gasteiger partial charge in [0.05, 0.1) is 5.41 Å². The molecule has 0 spiro atoms. The van der Waals surface area contributed by atoms with Crippen LogP contribution in [0.25, 0.3) is 0 Å². The van der Waals surface area contributed by atoms with Gasteiger partial charge in [0.1, 0.15) is 5.16 Å². The fourth-order valence-corrected chi connectivity index (χ4v) is 2.73. The van der Waals surface area contributed by atoms with E-state index in [0.717, 1.165) is 5.56 Å². The summed E-state index contributed by atoms with van der Waals surface area (Å²) in [6.07, 6.45) is 1.33. The van der Waals surface area contributed by atoms with E-state index in [1.54, 1.807) is 0 Å². The molecule has 0 heterocycles. The van der Waals surface area contributed by atoms with Gasteiger partial charge in [0.25, 0.3) is 0 Å². The predicted octanol–water partition coefficient (Wildman–Crippen LogP) is 2.24. The number of benzene rings is 1. The monoisotopic (exact) mass is 268 g/mol. The molecule has 1 fully saturated rings. The van der Waals surface area contributed by atoms with Crippen molar-refractivity contribution in [1.29, 1.82) is 0 Å². The third-order valence-electron chi connectivity index (χ3n) is 3.79. The summed E-state index contributed by atoms with van der Waals surface area (Å²) >= 11 is 0. The van der Waals surface area contributed by atoms with Gasteiger partial charge >= 0.3 is 7.60 Å². The van der Waals surface area contributed by atoms with E-state index in [1.165, 1.54) is 13.8 Å². The highest BCUT2D eigenvalue weighted by Gasteiger charge is 2.60. The normalized spacial score (nSPS) is 18.4. The zero-order chi connectivity index (χ0) is 13.6. The van der Waals surface area contributed by atoms with E-state index in [9.17, 15) is 19.1 Å². The van der Waals surface area contributed by atoms with E-state index in [0.29, 0.717) is 12.8 Å². The van der Waals surface area contributed by atoms with Crippen LogP contribution >= 0.6 is 7.60 Å². The maximum absolute atomic E-state index is 12.5. The minimum atomic E-state index is -4.45. The summed E-state index contributed by atoms with van der Waals surface area (Å²) in [5, 5.41) is -1.63. The van der Waals surface area contributed by atoms with Crippen molar-refractivity contribution >= 4 is 13.4 Å². The number of ketones is 1. The molecule has 1 aliphatic rings. The van der Waals surface area contributed by atoms with Crippen LogP contribution in [0.5, 0.6) is 0 Å². The zero-order valence-electron chi connectivity index (χ0n) is 10.5. The SMILES string of the molecule is CC(C)(C(=O)C1(c2ccccc2)CC1)P(=O)(O)O. The van der Waals surface area contributed by atoms with Gasteiger partial charge in [-0.2, -0.15) is 0 Å². The van der Waals surface area contributed by atoms with E-state index in [1.807, 2.05) is 30.3 Å².